The van der Waals surface area contributed by atoms with E-state index in [2.05, 4.69) is 12.2 Å². The average Bonchev–Trinajstić information content (AvgIpc) is 2.64. The van der Waals surface area contributed by atoms with E-state index in [-0.39, 0.29) is 35.3 Å². The van der Waals surface area contributed by atoms with Crippen molar-refractivity contribution in [1.82, 2.24) is 9.62 Å². The van der Waals surface area contributed by atoms with Crippen LogP contribution in [-0.4, -0.2) is 43.8 Å². The molecule has 0 atom stereocenters. The molecule has 1 aliphatic carbocycles. The summed E-state index contributed by atoms with van der Waals surface area (Å²) in [5, 5.41) is 3.03. The lowest BCUT2D eigenvalue weighted by Gasteiger charge is -2.29. The molecule has 0 radical (unpaired) electrons. The molecule has 1 amide bonds. The largest absolute Gasteiger partial charge is 0.349 e. The minimum Gasteiger partial charge on any atom is -0.349 e. The van der Waals surface area contributed by atoms with E-state index in [1.165, 1.54) is 0 Å². The van der Waals surface area contributed by atoms with Crippen molar-refractivity contribution in [1.29, 1.82) is 0 Å². The molecule has 0 spiro atoms. The second-order valence-corrected chi connectivity index (χ2v) is 9.63. The third kappa shape index (κ3) is 5.44. The molecule has 3 rings (SSSR count). The number of rotatable bonds is 4. The van der Waals surface area contributed by atoms with Crippen LogP contribution in [-0.2, 0) is 10.0 Å². The van der Waals surface area contributed by atoms with E-state index in [1.54, 1.807) is 28.6 Å². The van der Waals surface area contributed by atoms with Gasteiger partial charge in [-0.25, -0.2) is 8.42 Å². The van der Waals surface area contributed by atoms with Crippen molar-refractivity contribution in [3.8, 4) is 0 Å². The van der Waals surface area contributed by atoms with Gasteiger partial charge in [-0.05, 0) is 68.7 Å². The summed E-state index contributed by atoms with van der Waals surface area (Å²) in [7, 11) is -3.47. The maximum absolute atomic E-state index is 12.7. The fourth-order valence-corrected chi connectivity index (χ4v) is 5.15. The normalized spacial score (nSPS) is 24.8. The summed E-state index contributed by atoms with van der Waals surface area (Å²) in [4.78, 5) is 12.6. The van der Waals surface area contributed by atoms with Crippen LogP contribution in [0.4, 0.5) is 0 Å². The zero-order chi connectivity index (χ0) is 18.7. The van der Waals surface area contributed by atoms with Crippen molar-refractivity contribution in [2.75, 3.05) is 13.1 Å². The van der Waals surface area contributed by atoms with Gasteiger partial charge in [-0.1, -0.05) is 6.92 Å². The Bertz CT molecular complexity index is 723. The summed E-state index contributed by atoms with van der Waals surface area (Å²) in [6, 6.07) is 6.68. The van der Waals surface area contributed by atoms with Gasteiger partial charge >= 0.3 is 0 Å². The fourth-order valence-electron chi connectivity index (χ4n) is 3.68. The highest BCUT2D eigenvalue weighted by Crippen LogP contribution is 2.24. The third-order valence-electron chi connectivity index (χ3n) is 5.60. The number of halogens is 1. The summed E-state index contributed by atoms with van der Waals surface area (Å²) in [5.74, 6) is 0.420. The molecule has 0 aromatic heterocycles. The molecule has 6 nitrogen and oxygen atoms in total. The molecule has 3 N–H and O–H groups in total. The van der Waals surface area contributed by atoms with E-state index in [9.17, 15) is 13.2 Å². The number of benzene rings is 1. The third-order valence-corrected chi connectivity index (χ3v) is 7.52. The van der Waals surface area contributed by atoms with E-state index in [0.717, 1.165) is 38.5 Å². The molecule has 0 unspecified atom stereocenters. The maximum atomic E-state index is 12.7. The SMILES string of the molecule is CC1CCN(S(=O)(=O)c2ccc(C(=O)NC3CCC(N)CC3)cc2)CC1.Cl. The summed E-state index contributed by atoms with van der Waals surface area (Å²) in [5.41, 5.74) is 6.38. The lowest BCUT2D eigenvalue weighted by molar-refractivity contribution is 0.0925. The number of nitrogens with one attached hydrogen (secondary N) is 1. The number of hydrogen-bond donors (Lipinski definition) is 2. The first-order valence-electron chi connectivity index (χ1n) is 9.53. The second-order valence-electron chi connectivity index (χ2n) is 7.70. The molecule has 1 heterocycles. The van der Waals surface area contributed by atoms with Gasteiger partial charge in [-0.3, -0.25) is 4.79 Å². The Kier molecular flexibility index (Phi) is 7.68. The van der Waals surface area contributed by atoms with Crippen molar-refractivity contribution in [3.05, 3.63) is 29.8 Å². The monoisotopic (exact) mass is 415 g/mol. The second kappa shape index (κ2) is 9.37. The quantitative estimate of drug-likeness (QED) is 0.790. The van der Waals surface area contributed by atoms with E-state index >= 15 is 0 Å². The zero-order valence-corrected chi connectivity index (χ0v) is 17.4. The summed E-state index contributed by atoms with van der Waals surface area (Å²) >= 11 is 0. The molecule has 2 fully saturated rings. The molecule has 1 aromatic carbocycles. The van der Waals surface area contributed by atoms with E-state index in [0.29, 0.717) is 24.6 Å². The Hall–Kier alpha value is -1.15. The van der Waals surface area contributed by atoms with Gasteiger partial charge in [0.1, 0.15) is 0 Å². The highest BCUT2D eigenvalue weighted by Gasteiger charge is 2.28. The van der Waals surface area contributed by atoms with Gasteiger partial charge in [0.2, 0.25) is 10.0 Å². The summed E-state index contributed by atoms with van der Waals surface area (Å²) in [6.07, 6.45) is 5.43. The first-order chi connectivity index (χ1) is 12.4. The number of nitrogens with zero attached hydrogens (tertiary/aromatic N) is 1. The number of piperidine rings is 1. The highest BCUT2D eigenvalue weighted by atomic mass is 35.5. The molecule has 1 saturated heterocycles. The van der Waals surface area contributed by atoms with Gasteiger partial charge < -0.3 is 11.1 Å². The van der Waals surface area contributed by atoms with Gasteiger partial charge in [0.25, 0.3) is 5.91 Å². The number of amides is 1. The minimum absolute atomic E-state index is 0. The molecule has 27 heavy (non-hydrogen) atoms. The van der Waals surface area contributed by atoms with Crippen LogP contribution in [0.25, 0.3) is 0 Å². The highest BCUT2D eigenvalue weighted by molar-refractivity contribution is 7.89. The van der Waals surface area contributed by atoms with Gasteiger partial charge in [0.05, 0.1) is 4.90 Å². The van der Waals surface area contributed by atoms with Crippen LogP contribution in [0.5, 0.6) is 0 Å². The molecule has 1 saturated carbocycles. The Labute approximate surface area is 168 Å². The Morgan fingerprint density at radius 2 is 1.59 bits per heavy atom. The number of carbonyl (C=O) groups is 1. The standard InChI is InChI=1S/C19H29N3O3S.ClH/c1-14-10-12-22(13-11-14)26(24,25)18-8-2-15(3-9-18)19(23)21-17-6-4-16(20)5-7-17;/h2-3,8-9,14,16-17H,4-7,10-13,20H2,1H3,(H,21,23);1H. The average molecular weight is 416 g/mol. The van der Waals surface area contributed by atoms with Gasteiger partial charge in [-0.2, -0.15) is 4.31 Å². The zero-order valence-electron chi connectivity index (χ0n) is 15.8. The minimum atomic E-state index is -3.47. The van der Waals surface area contributed by atoms with Crippen LogP contribution >= 0.6 is 12.4 Å². The van der Waals surface area contributed by atoms with Crippen molar-refractivity contribution in [2.45, 2.75) is 62.4 Å². The molecule has 2 aliphatic rings. The van der Waals surface area contributed by atoms with Gasteiger partial charge in [0.15, 0.2) is 0 Å². The predicted octanol–water partition coefficient (Wildman–Crippen LogP) is 2.53. The van der Waals surface area contributed by atoms with Crippen molar-refractivity contribution in [2.24, 2.45) is 11.7 Å². The lowest BCUT2D eigenvalue weighted by atomic mass is 9.91. The van der Waals surface area contributed by atoms with Crippen molar-refractivity contribution in [3.63, 3.8) is 0 Å². The summed E-state index contributed by atoms with van der Waals surface area (Å²) < 4.78 is 27.0. The Morgan fingerprint density at radius 3 is 2.15 bits per heavy atom. The molecule has 8 heteroatoms. The van der Waals surface area contributed by atoms with Crippen molar-refractivity contribution < 1.29 is 13.2 Å². The summed E-state index contributed by atoms with van der Waals surface area (Å²) in [6.45, 7) is 3.28. The van der Waals surface area contributed by atoms with Crippen LogP contribution in [0.1, 0.15) is 55.8 Å². The molecule has 152 valence electrons. The molecular formula is C19H30ClN3O3S. The fraction of sp³-hybridized carbons (Fsp3) is 0.632. The van der Waals surface area contributed by atoms with Crippen LogP contribution in [0.15, 0.2) is 29.2 Å². The predicted molar refractivity (Wildman–Crippen MR) is 109 cm³/mol. The number of sulfonamides is 1. The Balaban J connectivity index is 0.00000261. The number of carbonyl (C=O) groups excluding carboxylic acids is 1. The van der Waals surface area contributed by atoms with Crippen molar-refractivity contribution >= 4 is 28.3 Å². The Morgan fingerprint density at radius 1 is 1.04 bits per heavy atom. The van der Waals surface area contributed by atoms with Crippen LogP contribution < -0.4 is 11.1 Å². The van der Waals surface area contributed by atoms with Crippen LogP contribution in [0.3, 0.4) is 0 Å². The van der Waals surface area contributed by atoms with Crippen LogP contribution in [0.2, 0.25) is 0 Å². The number of nitrogens with two attached hydrogens (primary N) is 1. The molecule has 0 bridgehead atoms. The smallest absolute Gasteiger partial charge is 0.251 e. The molecule has 1 aliphatic heterocycles. The first-order valence-corrected chi connectivity index (χ1v) is 11.0. The molecular weight excluding hydrogens is 386 g/mol. The first kappa shape index (κ1) is 22.1. The maximum Gasteiger partial charge on any atom is 0.251 e. The lowest BCUT2D eigenvalue weighted by Crippen LogP contribution is -2.40. The van der Waals surface area contributed by atoms with E-state index in [1.807, 2.05) is 0 Å². The van der Waals surface area contributed by atoms with Crippen LogP contribution in [0, 0.1) is 5.92 Å². The molecule has 1 aromatic rings. The van der Waals surface area contributed by atoms with Gasteiger partial charge in [0, 0.05) is 30.7 Å². The number of hydrogen-bond acceptors (Lipinski definition) is 4. The van der Waals surface area contributed by atoms with E-state index < -0.39 is 10.0 Å². The topological polar surface area (TPSA) is 92.5 Å². The van der Waals surface area contributed by atoms with Gasteiger partial charge in [-0.15, -0.1) is 12.4 Å². The van der Waals surface area contributed by atoms with E-state index in [4.69, 9.17) is 5.73 Å².